The van der Waals surface area contributed by atoms with E-state index in [0.29, 0.717) is 15.8 Å². The van der Waals surface area contributed by atoms with E-state index >= 15 is 0 Å². The summed E-state index contributed by atoms with van der Waals surface area (Å²) in [6, 6.07) is 12.1. The van der Waals surface area contributed by atoms with Gasteiger partial charge in [-0.2, -0.15) is 5.26 Å². The fraction of sp³-hybridized carbons (Fsp3) is 0.238. The molecule has 0 saturated carbocycles. The third kappa shape index (κ3) is 3.88. The van der Waals surface area contributed by atoms with E-state index < -0.39 is 0 Å². The van der Waals surface area contributed by atoms with Crippen LogP contribution in [0.2, 0.25) is 10.0 Å². The van der Waals surface area contributed by atoms with Crippen LogP contribution in [0.4, 0.5) is 0 Å². The molecule has 0 radical (unpaired) electrons. The highest BCUT2D eigenvalue weighted by Gasteiger charge is 2.23. The van der Waals surface area contributed by atoms with Crippen LogP contribution in [0.25, 0.3) is 10.6 Å². The molecule has 6 heteroatoms. The molecule has 0 saturated heterocycles. The lowest BCUT2D eigenvalue weighted by molar-refractivity contribution is 0.678. The first kappa shape index (κ1) is 18.8. The first-order chi connectivity index (χ1) is 13.2. The molecule has 1 aromatic carbocycles. The lowest BCUT2D eigenvalue weighted by atomic mass is 9.88. The van der Waals surface area contributed by atoms with Gasteiger partial charge in [0.2, 0.25) is 0 Å². The Kier molecular flexibility index (Phi) is 5.75. The number of rotatable bonds is 4. The number of aromatic nitrogens is 1. The summed E-state index contributed by atoms with van der Waals surface area (Å²) in [4.78, 5) is 6.11. The number of hydrogen-bond donors (Lipinski definition) is 0. The van der Waals surface area contributed by atoms with E-state index in [9.17, 15) is 5.26 Å². The summed E-state index contributed by atoms with van der Waals surface area (Å²) in [7, 11) is 0. The van der Waals surface area contributed by atoms with Crippen LogP contribution in [0.5, 0.6) is 0 Å². The smallest absolute Gasteiger partial charge is 0.115 e. The molecule has 0 aliphatic heterocycles. The Morgan fingerprint density at radius 2 is 1.96 bits per heavy atom. The van der Waals surface area contributed by atoms with Crippen molar-refractivity contribution in [1.82, 2.24) is 4.98 Å². The summed E-state index contributed by atoms with van der Waals surface area (Å²) in [6.45, 7) is 0. The molecular weight excluding hydrogens is 415 g/mol. The van der Waals surface area contributed by atoms with Gasteiger partial charge in [0.1, 0.15) is 11.1 Å². The Labute approximate surface area is 177 Å². The SMILES string of the molecule is N#Cc1c(SCc2ccc(Cl)cc2Cl)nc(-c2cccs2)c2c1CCCC2. The standard InChI is InChI=1S/C21H16Cl2N2S2/c22-14-8-7-13(18(23)10-14)12-27-21-17(11-24)15-4-1-2-5-16(15)20(25-21)19-6-3-9-26-19/h3,6-10H,1-2,4-5,12H2. The second-order valence-corrected chi connectivity index (χ2v) is 9.17. The Hall–Kier alpha value is -1.51. The van der Waals surface area contributed by atoms with Gasteiger partial charge in [-0.15, -0.1) is 23.1 Å². The second kappa shape index (κ2) is 8.24. The highest BCUT2D eigenvalue weighted by molar-refractivity contribution is 7.98. The van der Waals surface area contributed by atoms with Crippen molar-refractivity contribution in [3.8, 4) is 16.6 Å². The maximum atomic E-state index is 9.84. The van der Waals surface area contributed by atoms with E-state index in [4.69, 9.17) is 28.2 Å². The third-order valence-corrected chi connectivity index (χ3v) is 7.22. The highest BCUT2D eigenvalue weighted by atomic mass is 35.5. The van der Waals surface area contributed by atoms with Crippen molar-refractivity contribution < 1.29 is 0 Å². The maximum Gasteiger partial charge on any atom is 0.115 e. The number of hydrogen-bond acceptors (Lipinski definition) is 4. The molecule has 0 N–H and O–H groups in total. The second-order valence-electron chi connectivity index (χ2n) is 6.42. The number of nitrogens with zero attached hydrogens (tertiary/aromatic N) is 2. The summed E-state index contributed by atoms with van der Waals surface area (Å²) < 4.78 is 0. The molecule has 1 aliphatic carbocycles. The van der Waals surface area contributed by atoms with Crippen LogP contribution in [0.1, 0.15) is 35.1 Å². The van der Waals surface area contributed by atoms with Gasteiger partial charge in [0, 0.05) is 15.8 Å². The van der Waals surface area contributed by atoms with Crippen molar-refractivity contribution in [2.45, 2.75) is 36.5 Å². The van der Waals surface area contributed by atoms with Crippen molar-refractivity contribution in [2.75, 3.05) is 0 Å². The fourth-order valence-electron chi connectivity index (χ4n) is 3.42. The average Bonchev–Trinajstić information content (AvgIpc) is 3.21. The third-order valence-electron chi connectivity index (χ3n) is 4.73. The molecule has 2 aromatic heterocycles. The predicted molar refractivity (Wildman–Crippen MR) is 115 cm³/mol. The lowest BCUT2D eigenvalue weighted by Gasteiger charge is -2.21. The van der Waals surface area contributed by atoms with Gasteiger partial charge < -0.3 is 0 Å². The van der Waals surface area contributed by atoms with Gasteiger partial charge in [0.15, 0.2) is 0 Å². The largest absolute Gasteiger partial charge is 0.239 e. The van der Waals surface area contributed by atoms with E-state index in [-0.39, 0.29) is 0 Å². The number of fused-ring (bicyclic) bond motifs is 1. The predicted octanol–water partition coefficient (Wildman–Crippen LogP) is 7.16. The monoisotopic (exact) mass is 430 g/mol. The van der Waals surface area contributed by atoms with Crippen molar-refractivity contribution >= 4 is 46.3 Å². The Balaban J connectivity index is 1.75. The molecule has 0 spiro atoms. The zero-order valence-electron chi connectivity index (χ0n) is 14.5. The number of nitriles is 1. The van der Waals surface area contributed by atoms with E-state index in [1.165, 1.54) is 16.0 Å². The van der Waals surface area contributed by atoms with Crippen LogP contribution < -0.4 is 0 Å². The van der Waals surface area contributed by atoms with Gasteiger partial charge in [0.25, 0.3) is 0 Å². The average molecular weight is 431 g/mol. The molecule has 27 heavy (non-hydrogen) atoms. The quantitative estimate of drug-likeness (QED) is 0.411. The molecule has 3 aromatic rings. The number of thiophene rings is 1. The molecule has 0 atom stereocenters. The summed E-state index contributed by atoms with van der Waals surface area (Å²) in [5, 5.41) is 14.0. The molecule has 4 rings (SSSR count). The van der Waals surface area contributed by atoms with Crippen LogP contribution in [0, 0.1) is 11.3 Å². The van der Waals surface area contributed by atoms with E-state index in [2.05, 4.69) is 23.6 Å². The number of thioether (sulfide) groups is 1. The van der Waals surface area contributed by atoms with Gasteiger partial charge in [-0.3, -0.25) is 0 Å². The minimum atomic E-state index is 0.623. The molecule has 0 fully saturated rings. The molecule has 0 unspecified atom stereocenters. The summed E-state index contributed by atoms with van der Waals surface area (Å²) in [5.41, 5.74) is 5.22. The van der Waals surface area contributed by atoms with Crippen LogP contribution in [-0.2, 0) is 18.6 Å². The number of benzene rings is 1. The topological polar surface area (TPSA) is 36.7 Å². The first-order valence-corrected chi connectivity index (χ1v) is 11.4. The summed E-state index contributed by atoms with van der Waals surface area (Å²) >= 11 is 15.6. The van der Waals surface area contributed by atoms with E-state index in [1.807, 2.05) is 12.1 Å². The molecule has 136 valence electrons. The minimum absolute atomic E-state index is 0.623. The maximum absolute atomic E-state index is 9.84. The van der Waals surface area contributed by atoms with E-state index in [1.54, 1.807) is 29.2 Å². The Bertz CT molecular complexity index is 1020. The van der Waals surface area contributed by atoms with Crippen molar-refractivity contribution in [3.05, 3.63) is 68.0 Å². The minimum Gasteiger partial charge on any atom is -0.239 e. The van der Waals surface area contributed by atoms with Crippen LogP contribution in [0.15, 0.2) is 40.7 Å². The normalized spacial score (nSPS) is 13.2. The van der Waals surface area contributed by atoms with Gasteiger partial charge in [-0.1, -0.05) is 35.3 Å². The zero-order valence-corrected chi connectivity index (χ0v) is 17.6. The molecular formula is C21H16Cl2N2S2. The summed E-state index contributed by atoms with van der Waals surface area (Å²) in [6.07, 6.45) is 4.24. The van der Waals surface area contributed by atoms with Gasteiger partial charge in [0.05, 0.1) is 16.1 Å². The van der Waals surface area contributed by atoms with Gasteiger partial charge in [-0.25, -0.2) is 4.98 Å². The number of pyridine rings is 1. The molecule has 0 amide bonds. The van der Waals surface area contributed by atoms with Gasteiger partial charge in [-0.05, 0) is 66.0 Å². The Morgan fingerprint density at radius 1 is 1.15 bits per heavy atom. The van der Waals surface area contributed by atoms with Crippen molar-refractivity contribution in [2.24, 2.45) is 0 Å². The molecule has 1 aliphatic rings. The molecule has 2 heterocycles. The van der Waals surface area contributed by atoms with Crippen LogP contribution in [-0.4, -0.2) is 4.98 Å². The van der Waals surface area contributed by atoms with E-state index in [0.717, 1.165) is 47.5 Å². The lowest BCUT2D eigenvalue weighted by Crippen LogP contribution is -2.10. The van der Waals surface area contributed by atoms with Crippen molar-refractivity contribution in [1.29, 1.82) is 5.26 Å². The zero-order chi connectivity index (χ0) is 18.8. The number of halogens is 2. The molecule has 0 bridgehead atoms. The molecule has 2 nitrogen and oxygen atoms in total. The van der Waals surface area contributed by atoms with Crippen molar-refractivity contribution in [3.63, 3.8) is 0 Å². The van der Waals surface area contributed by atoms with Crippen LogP contribution >= 0.6 is 46.3 Å². The highest BCUT2D eigenvalue weighted by Crippen LogP contribution is 2.39. The first-order valence-electron chi connectivity index (χ1n) is 8.74. The Morgan fingerprint density at radius 3 is 2.67 bits per heavy atom. The van der Waals surface area contributed by atoms with Gasteiger partial charge >= 0.3 is 0 Å². The van der Waals surface area contributed by atoms with Crippen LogP contribution in [0.3, 0.4) is 0 Å². The summed E-state index contributed by atoms with van der Waals surface area (Å²) in [5.74, 6) is 0.653. The fourth-order valence-corrected chi connectivity index (χ4v) is 5.73.